The van der Waals surface area contributed by atoms with Gasteiger partial charge in [-0.2, -0.15) is 0 Å². The van der Waals surface area contributed by atoms with Crippen molar-refractivity contribution in [3.05, 3.63) is 77.7 Å². The number of amides is 2. The number of rotatable bonds is 6. The van der Waals surface area contributed by atoms with E-state index in [9.17, 15) is 9.59 Å². The zero-order chi connectivity index (χ0) is 18.4. The smallest absolute Gasteiger partial charge is 0.291 e. The fourth-order valence-corrected chi connectivity index (χ4v) is 2.36. The number of nitrogens with one attached hydrogen (secondary N) is 3. The summed E-state index contributed by atoms with van der Waals surface area (Å²) >= 11 is 5.82. The number of halogens is 1. The van der Waals surface area contributed by atoms with Crippen LogP contribution in [0.2, 0.25) is 5.02 Å². The summed E-state index contributed by atoms with van der Waals surface area (Å²) in [6, 6.07) is 17.1. The van der Waals surface area contributed by atoms with Gasteiger partial charge in [-0.15, -0.1) is 0 Å². The summed E-state index contributed by atoms with van der Waals surface area (Å²) in [7, 11) is 0. The number of carbonyl (C=O) groups excluding carboxylic acids is 2. The minimum absolute atomic E-state index is 0.102. The van der Waals surface area contributed by atoms with Crippen LogP contribution in [0.1, 0.15) is 10.6 Å². The van der Waals surface area contributed by atoms with E-state index in [0.717, 1.165) is 5.69 Å². The van der Waals surface area contributed by atoms with Crippen molar-refractivity contribution < 1.29 is 14.0 Å². The fraction of sp³-hybridized carbons (Fsp3) is 0.0526. The van der Waals surface area contributed by atoms with Crippen LogP contribution in [0, 0.1) is 0 Å². The molecule has 0 radical (unpaired) electrons. The van der Waals surface area contributed by atoms with Crippen molar-refractivity contribution in [3.8, 4) is 0 Å². The maximum Gasteiger partial charge on any atom is 0.291 e. The molecule has 0 bridgehead atoms. The number of hydrogen-bond donors (Lipinski definition) is 3. The molecule has 0 fully saturated rings. The van der Waals surface area contributed by atoms with Gasteiger partial charge in [-0.25, -0.2) is 0 Å². The fourth-order valence-electron chi connectivity index (χ4n) is 2.23. The van der Waals surface area contributed by atoms with E-state index in [4.69, 9.17) is 16.0 Å². The highest BCUT2D eigenvalue weighted by Crippen LogP contribution is 2.17. The van der Waals surface area contributed by atoms with Crippen LogP contribution in [0.4, 0.5) is 17.1 Å². The zero-order valence-electron chi connectivity index (χ0n) is 13.7. The molecule has 7 heteroatoms. The molecule has 3 N–H and O–H groups in total. The molecule has 0 spiro atoms. The maximum absolute atomic E-state index is 12.1. The van der Waals surface area contributed by atoms with E-state index in [1.807, 2.05) is 0 Å². The maximum atomic E-state index is 12.1. The third-order valence-electron chi connectivity index (χ3n) is 3.45. The standard InChI is InChI=1S/C19H16ClN3O3/c20-13-6-8-14(9-7-13)21-12-18(24)22-15-3-1-4-16(11-15)23-19(25)17-5-2-10-26-17/h1-11,21H,12H2,(H,22,24)(H,23,25). The van der Waals surface area contributed by atoms with E-state index >= 15 is 0 Å². The number of anilines is 3. The van der Waals surface area contributed by atoms with Crippen molar-refractivity contribution in [1.82, 2.24) is 0 Å². The van der Waals surface area contributed by atoms with Crippen molar-refractivity contribution in [2.24, 2.45) is 0 Å². The Labute approximate surface area is 155 Å². The molecular formula is C19H16ClN3O3. The molecule has 3 aromatic rings. The van der Waals surface area contributed by atoms with E-state index in [2.05, 4.69) is 16.0 Å². The minimum atomic E-state index is -0.358. The largest absolute Gasteiger partial charge is 0.459 e. The molecule has 0 atom stereocenters. The van der Waals surface area contributed by atoms with Gasteiger partial charge in [0.15, 0.2) is 5.76 Å². The molecular weight excluding hydrogens is 354 g/mol. The summed E-state index contributed by atoms with van der Waals surface area (Å²) in [5.74, 6) is -0.357. The second-order valence-electron chi connectivity index (χ2n) is 5.42. The van der Waals surface area contributed by atoms with Gasteiger partial charge in [-0.05, 0) is 54.6 Å². The Hall–Kier alpha value is -3.25. The molecule has 2 amide bonds. The lowest BCUT2D eigenvalue weighted by Crippen LogP contribution is -2.21. The van der Waals surface area contributed by atoms with Gasteiger partial charge in [-0.1, -0.05) is 17.7 Å². The van der Waals surface area contributed by atoms with Gasteiger partial charge in [0.25, 0.3) is 5.91 Å². The van der Waals surface area contributed by atoms with Crippen LogP contribution in [0.3, 0.4) is 0 Å². The van der Waals surface area contributed by atoms with Gasteiger partial charge in [-0.3, -0.25) is 9.59 Å². The first-order valence-electron chi connectivity index (χ1n) is 7.84. The molecule has 2 aromatic carbocycles. The second kappa shape index (κ2) is 8.22. The normalized spacial score (nSPS) is 10.2. The molecule has 26 heavy (non-hydrogen) atoms. The Morgan fingerprint density at radius 2 is 1.62 bits per heavy atom. The summed E-state index contributed by atoms with van der Waals surface area (Å²) in [5, 5.41) is 9.12. The van der Waals surface area contributed by atoms with Crippen molar-refractivity contribution in [2.75, 3.05) is 22.5 Å². The lowest BCUT2D eigenvalue weighted by atomic mass is 10.2. The van der Waals surface area contributed by atoms with Crippen LogP contribution in [-0.2, 0) is 4.79 Å². The Bertz CT molecular complexity index is 893. The van der Waals surface area contributed by atoms with Gasteiger partial charge in [0.1, 0.15) is 0 Å². The van der Waals surface area contributed by atoms with Gasteiger partial charge in [0, 0.05) is 22.1 Å². The van der Waals surface area contributed by atoms with Crippen LogP contribution < -0.4 is 16.0 Å². The van der Waals surface area contributed by atoms with Crippen molar-refractivity contribution in [3.63, 3.8) is 0 Å². The van der Waals surface area contributed by atoms with Crippen molar-refractivity contribution >= 4 is 40.5 Å². The Balaban J connectivity index is 1.55. The Kier molecular flexibility index (Phi) is 5.56. The van der Waals surface area contributed by atoms with E-state index in [1.54, 1.807) is 60.7 Å². The van der Waals surface area contributed by atoms with Gasteiger partial charge < -0.3 is 20.4 Å². The molecule has 0 saturated carbocycles. The molecule has 0 saturated heterocycles. The highest BCUT2D eigenvalue weighted by Gasteiger charge is 2.09. The molecule has 1 aromatic heterocycles. The zero-order valence-corrected chi connectivity index (χ0v) is 14.4. The number of hydrogen-bond acceptors (Lipinski definition) is 4. The molecule has 132 valence electrons. The first kappa shape index (κ1) is 17.6. The Morgan fingerprint density at radius 1 is 0.885 bits per heavy atom. The first-order valence-corrected chi connectivity index (χ1v) is 8.22. The quantitative estimate of drug-likeness (QED) is 0.607. The predicted octanol–water partition coefficient (Wildman–Crippen LogP) is 4.24. The van der Waals surface area contributed by atoms with Gasteiger partial charge >= 0.3 is 0 Å². The molecule has 6 nitrogen and oxygen atoms in total. The lowest BCUT2D eigenvalue weighted by molar-refractivity contribution is -0.114. The monoisotopic (exact) mass is 369 g/mol. The van der Waals surface area contributed by atoms with Gasteiger partial charge in [0.05, 0.1) is 12.8 Å². The van der Waals surface area contributed by atoms with Crippen molar-refractivity contribution in [1.29, 1.82) is 0 Å². The molecule has 3 rings (SSSR count). The molecule has 0 unspecified atom stereocenters. The summed E-state index contributed by atoms with van der Waals surface area (Å²) in [4.78, 5) is 24.1. The SMILES string of the molecule is O=C(CNc1ccc(Cl)cc1)Nc1cccc(NC(=O)c2ccco2)c1. The second-order valence-corrected chi connectivity index (χ2v) is 5.86. The highest BCUT2D eigenvalue weighted by atomic mass is 35.5. The van der Waals surface area contributed by atoms with Gasteiger partial charge in [0.2, 0.25) is 5.91 Å². The van der Waals surface area contributed by atoms with Crippen LogP contribution >= 0.6 is 11.6 Å². The Morgan fingerprint density at radius 3 is 2.31 bits per heavy atom. The van der Waals surface area contributed by atoms with Crippen LogP contribution in [0.25, 0.3) is 0 Å². The summed E-state index contributed by atoms with van der Waals surface area (Å²) in [5.41, 5.74) is 1.92. The molecule has 1 heterocycles. The molecule has 0 aliphatic rings. The number of carbonyl (C=O) groups is 2. The summed E-state index contributed by atoms with van der Waals surface area (Å²) in [6.45, 7) is 0.102. The first-order chi connectivity index (χ1) is 12.6. The van der Waals surface area contributed by atoms with E-state index < -0.39 is 0 Å². The van der Waals surface area contributed by atoms with Crippen LogP contribution in [0.5, 0.6) is 0 Å². The van der Waals surface area contributed by atoms with E-state index in [-0.39, 0.29) is 24.1 Å². The van der Waals surface area contributed by atoms with Crippen LogP contribution in [-0.4, -0.2) is 18.4 Å². The highest BCUT2D eigenvalue weighted by molar-refractivity contribution is 6.30. The average Bonchev–Trinajstić information content (AvgIpc) is 3.16. The van der Waals surface area contributed by atoms with Crippen LogP contribution in [0.15, 0.2) is 71.3 Å². The average molecular weight is 370 g/mol. The number of furan rings is 1. The van der Waals surface area contributed by atoms with Crippen molar-refractivity contribution in [2.45, 2.75) is 0 Å². The summed E-state index contributed by atoms with van der Waals surface area (Å²) in [6.07, 6.45) is 1.43. The van der Waals surface area contributed by atoms with E-state index in [1.165, 1.54) is 6.26 Å². The summed E-state index contributed by atoms with van der Waals surface area (Å²) < 4.78 is 5.05. The topological polar surface area (TPSA) is 83.4 Å². The third kappa shape index (κ3) is 4.87. The third-order valence-corrected chi connectivity index (χ3v) is 3.70. The minimum Gasteiger partial charge on any atom is -0.459 e. The molecule has 0 aliphatic carbocycles. The lowest BCUT2D eigenvalue weighted by Gasteiger charge is -2.09. The van der Waals surface area contributed by atoms with E-state index in [0.29, 0.717) is 16.4 Å². The predicted molar refractivity (Wildman–Crippen MR) is 102 cm³/mol. The number of benzene rings is 2. The molecule has 0 aliphatic heterocycles.